The van der Waals surface area contributed by atoms with Crippen molar-refractivity contribution in [2.45, 2.75) is 20.4 Å². The maximum Gasteiger partial charge on any atom is 0.420 e. The lowest BCUT2D eigenvalue weighted by molar-refractivity contribution is 0.102. The zero-order valence-corrected chi connectivity index (χ0v) is 12.6. The van der Waals surface area contributed by atoms with E-state index in [0.29, 0.717) is 31.3 Å². The van der Waals surface area contributed by atoms with E-state index in [-0.39, 0.29) is 5.76 Å². The molecule has 1 heterocycles. The number of benzene rings is 1. The van der Waals surface area contributed by atoms with Crippen LogP contribution in [0.5, 0.6) is 0 Å². The van der Waals surface area contributed by atoms with E-state index in [1.807, 2.05) is 18.2 Å². The SMILES string of the molecule is CC(C)COCCn1c(=O)oc2ccc(I)cc21. The molecule has 0 aliphatic carbocycles. The molecule has 0 unspecified atom stereocenters. The van der Waals surface area contributed by atoms with Crippen LogP contribution >= 0.6 is 22.6 Å². The van der Waals surface area contributed by atoms with Crippen molar-refractivity contribution >= 4 is 33.7 Å². The summed E-state index contributed by atoms with van der Waals surface area (Å²) in [6, 6.07) is 5.69. The van der Waals surface area contributed by atoms with Crippen LogP contribution < -0.4 is 5.76 Å². The van der Waals surface area contributed by atoms with Crippen molar-refractivity contribution in [3.63, 3.8) is 0 Å². The first-order valence-electron chi connectivity index (χ1n) is 5.94. The van der Waals surface area contributed by atoms with Gasteiger partial charge in [0.25, 0.3) is 0 Å². The summed E-state index contributed by atoms with van der Waals surface area (Å²) in [7, 11) is 0. The van der Waals surface area contributed by atoms with Gasteiger partial charge in [-0.2, -0.15) is 0 Å². The van der Waals surface area contributed by atoms with Crippen LogP contribution in [0.25, 0.3) is 11.1 Å². The van der Waals surface area contributed by atoms with Crippen LogP contribution in [-0.2, 0) is 11.3 Å². The summed E-state index contributed by atoms with van der Waals surface area (Å²) in [5.74, 6) is 0.184. The number of nitrogens with zero attached hydrogens (tertiary/aromatic N) is 1. The normalized spacial score (nSPS) is 11.6. The van der Waals surface area contributed by atoms with Gasteiger partial charge >= 0.3 is 5.76 Å². The van der Waals surface area contributed by atoms with E-state index in [2.05, 4.69) is 36.4 Å². The quantitative estimate of drug-likeness (QED) is 0.608. The Morgan fingerprint density at radius 1 is 1.44 bits per heavy atom. The second kappa shape index (κ2) is 5.88. The molecule has 1 aromatic heterocycles. The molecule has 0 aliphatic heterocycles. The Hall–Kier alpha value is -0.820. The number of halogens is 1. The molecule has 18 heavy (non-hydrogen) atoms. The van der Waals surface area contributed by atoms with E-state index in [0.717, 1.165) is 9.09 Å². The Kier molecular flexibility index (Phi) is 4.45. The number of hydrogen-bond donors (Lipinski definition) is 0. The second-order valence-electron chi connectivity index (χ2n) is 4.60. The van der Waals surface area contributed by atoms with Gasteiger partial charge in [-0.05, 0) is 46.7 Å². The minimum atomic E-state index is -0.319. The van der Waals surface area contributed by atoms with Crippen molar-refractivity contribution in [2.24, 2.45) is 5.92 Å². The van der Waals surface area contributed by atoms with Gasteiger partial charge in [-0.3, -0.25) is 4.57 Å². The number of ether oxygens (including phenoxy) is 1. The standard InChI is InChI=1S/C13H16INO3/c1-9(2)8-17-6-5-15-11-7-10(14)3-4-12(11)18-13(15)16/h3-4,7,9H,5-6,8H2,1-2H3. The lowest BCUT2D eigenvalue weighted by Gasteiger charge is -2.07. The molecule has 2 rings (SSSR count). The summed E-state index contributed by atoms with van der Waals surface area (Å²) in [5, 5.41) is 0. The van der Waals surface area contributed by atoms with Crippen LogP contribution in [0.4, 0.5) is 0 Å². The number of aromatic nitrogens is 1. The van der Waals surface area contributed by atoms with Gasteiger partial charge in [0.15, 0.2) is 5.58 Å². The maximum absolute atomic E-state index is 11.7. The predicted molar refractivity (Wildman–Crippen MR) is 78.8 cm³/mol. The van der Waals surface area contributed by atoms with Crippen LogP contribution in [0.15, 0.2) is 27.4 Å². The predicted octanol–water partition coefficient (Wildman–Crippen LogP) is 2.87. The summed E-state index contributed by atoms with van der Waals surface area (Å²) in [6.45, 7) is 5.96. The smallest absolute Gasteiger partial charge is 0.408 e. The Balaban J connectivity index is 2.14. The first-order chi connectivity index (χ1) is 8.58. The average molecular weight is 361 g/mol. The van der Waals surface area contributed by atoms with E-state index in [1.54, 1.807) is 4.57 Å². The van der Waals surface area contributed by atoms with Crippen LogP contribution in [0.2, 0.25) is 0 Å². The molecule has 0 bridgehead atoms. The van der Waals surface area contributed by atoms with Gasteiger partial charge in [0.2, 0.25) is 0 Å². The van der Waals surface area contributed by atoms with E-state index < -0.39 is 0 Å². The van der Waals surface area contributed by atoms with Crippen molar-refractivity contribution in [2.75, 3.05) is 13.2 Å². The number of hydrogen-bond acceptors (Lipinski definition) is 3. The fourth-order valence-corrected chi connectivity index (χ4v) is 2.20. The van der Waals surface area contributed by atoms with Crippen LogP contribution in [0.3, 0.4) is 0 Å². The highest BCUT2D eigenvalue weighted by atomic mass is 127. The minimum Gasteiger partial charge on any atom is -0.408 e. The van der Waals surface area contributed by atoms with E-state index in [4.69, 9.17) is 9.15 Å². The third-order valence-electron chi connectivity index (χ3n) is 2.54. The summed E-state index contributed by atoms with van der Waals surface area (Å²) in [6.07, 6.45) is 0. The first kappa shape index (κ1) is 13.6. The minimum absolute atomic E-state index is 0.319. The molecule has 5 heteroatoms. The van der Waals surface area contributed by atoms with Gasteiger partial charge in [-0.15, -0.1) is 0 Å². The highest BCUT2D eigenvalue weighted by Crippen LogP contribution is 2.16. The summed E-state index contributed by atoms with van der Waals surface area (Å²) >= 11 is 2.22. The molecule has 0 N–H and O–H groups in total. The largest absolute Gasteiger partial charge is 0.420 e. The topological polar surface area (TPSA) is 44.4 Å². The van der Waals surface area contributed by atoms with Crippen molar-refractivity contribution in [3.8, 4) is 0 Å². The van der Waals surface area contributed by atoms with Crippen molar-refractivity contribution < 1.29 is 9.15 Å². The van der Waals surface area contributed by atoms with Gasteiger partial charge in [-0.1, -0.05) is 13.8 Å². The molecule has 0 saturated heterocycles. The van der Waals surface area contributed by atoms with Crippen LogP contribution in [-0.4, -0.2) is 17.8 Å². The lowest BCUT2D eigenvalue weighted by Crippen LogP contribution is -2.18. The van der Waals surface area contributed by atoms with Crippen molar-refractivity contribution in [1.82, 2.24) is 4.57 Å². The van der Waals surface area contributed by atoms with Gasteiger partial charge in [0, 0.05) is 10.2 Å². The molecule has 0 radical (unpaired) electrons. The molecule has 4 nitrogen and oxygen atoms in total. The fourth-order valence-electron chi connectivity index (χ4n) is 1.72. The van der Waals surface area contributed by atoms with Crippen molar-refractivity contribution in [3.05, 3.63) is 32.3 Å². The number of rotatable bonds is 5. The van der Waals surface area contributed by atoms with Crippen LogP contribution in [0, 0.1) is 9.49 Å². The van der Waals surface area contributed by atoms with Gasteiger partial charge < -0.3 is 9.15 Å². The first-order valence-corrected chi connectivity index (χ1v) is 7.02. The molecule has 2 aromatic rings. The highest BCUT2D eigenvalue weighted by Gasteiger charge is 2.09. The van der Waals surface area contributed by atoms with Gasteiger partial charge in [0.05, 0.1) is 18.7 Å². The van der Waals surface area contributed by atoms with E-state index in [9.17, 15) is 4.79 Å². The summed E-state index contributed by atoms with van der Waals surface area (Å²) in [5.41, 5.74) is 1.46. The molecule has 98 valence electrons. The zero-order chi connectivity index (χ0) is 13.1. The third-order valence-corrected chi connectivity index (χ3v) is 3.21. The molecule has 0 aliphatic rings. The second-order valence-corrected chi connectivity index (χ2v) is 5.85. The Morgan fingerprint density at radius 2 is 2.22 bits per heavy atom. The lowest BCUT2D eigenvalue weighted by atomic mass is 10.2. The highest BCUT2D eigenvalue weighted by molar-refractivity contribution is 14.1. The molecule has 0 spiro atoms. The number of oxazole rings is 1. The van der Waals surface area contributed by atoms with E-state index in [1.165, 1.54) is 0 Å². The van der Waals surface area contributed by atoms with Gasteiger partial charge in [-0.25, -0.2) is 4.79 Å². The summed E-state index contributed by atoms with van der Waals surface area (Å²) < 4.78 is 13.4. The molecule has 0 saturated carbocycles. The summed E-state index contributed by atoms with van der Waals surface area (Å²) in [4.78, 5) is 11.7. The fraction of sp³-hybridized carbons (Fsp3) is 0.462. The van der Waals surface area contributed by atoms with E-state index >= 15 is 0 Å². The number of fused-ring (bicyclic) bond motifs is 1. The molecular weight excluding hydrogens is 345 g/mol. The molecule has 0 atom stereocenters. The maximum atomic E-state index is 11.7. The third kappa shape index (κ3) is 3.14. The van der Waals surface area contributed by atoms with Crippen molar-refractivity contribution in [1.29, 1.82) is 0 Å². The monoisotopic (exact) mass is 361 g/mol. The molecule has 1 aromatic carbocycles. The molecule has 0 amide bonds. The van der Waals surface area contributed by atoms with Gasteiger partial charge in [0.1, 0.15) is 0 Å². The zero-order valence-electron chi connectivity index (χ0n) is 10.5. The molecule has 0 fully saturated rings. The Labute approximate surface area is 119 Å². The van der Waals surface area contributed by atoms with Crippen LogP contribution in [0.1, 0.15) is 13.8 Å². The Bertz CT molecular complexity index is 585. The molecular formula is C13H16INO3. The average Bonchev–Trinajstić information content (AvgIpc) is 2.60. The Morgan fingerprint density at radius 3 is 2.94 bits per heavy atom.